The lowest BCUT2D eigenvalue weighted by Crippen LogP contribution is -2.36. The number of rotatable bonds is 1. The number of halogens is 1. The highest BCUT2D eigenvalue weighted by atomic mass is 19.1. The van der Waals surface area contributed by atoms with Crippen LogP contribution in [0.15, 0.2) is 24.3 Å². The van der Waals surface area contributed by atoms with Crippen molar-refractivity contribution in [2.75, 3.05) is 18.0 Å². The molecule has 3 heteroatoms. The van der Waals surface area contributed by atoms with Gasteiger partial charge in [-0.25, -0.2) is 9.37 Å². The highest BCUT2D eigenvalue weighted by Crippen LogP contribution is 2.52. The molecule has 1 aromatic heterocycles. The van der Waals surface area contributed by atoms with E-state index in [4.69, 9.17) is 0 Å². The minimum atomic E-state index is -0.217. The van der Waals surface area contributed by atoms with Crippen molar-refractivity contribution in [3.05, 3.63) is 35.8 Å². The molecule has 1 spiro atoms. The van der Waals surface area contributed by atoms with E-state index in [0.717, 1.165) is 29.9 Å². The summed E-state index contributed by atoms with van der Waals surface area (Å²) in [6.07, 6.45) is 5.33. The zero-order valence-corrected chi connectivity index (χ0v) is 11.8. The molecule has 1 saturated carbocycles. The van der Waals surface area contributed by atoms with Crippen LogP contribution in [0, 0.1) is 18.2 Å². The van der Waals surface area contributed by atoms with Crippen LogP contribution >= 0.6 is 0 Å². The topological polar surface area (TPSA) is 16.1 Å². The summed E-state index contributed by atoms with van der Waals surface area (Å²) in [5, 5.41) is 0.952. The lowest BCUT2D eigenvalue weighted by molar-refractivity contribution is 0.396. The molecule has 0 amide bonds. The van der Waals surface area contributed by atoms with Gasteiger partial charge < -0.3 is 4.90 Å². The molecule has 0 bridgehead atoms. The summed E-state index contributed by atoms with van der Waals surface area (Å²) in [6.45, 7) is 4.16. The Morgan fingerprint density at radius 1 is 1.25 bits per heavy atom. The smallest absolute Gasteiger partial charge is 0.149 e. The molecule has 20 heavy (non-hydrogen) atoms. The molecule has 1 saturated heterocycles. The first-order valence-electron chi connectivity index (χ1n) is 7.48. The average molecular weight is 270 g/mol. The molecular weight excluding hydrogens is 251 g/mol. The molecule has 1 aromatic carbocycles. The number of anilines is 1. The molecule has 4 rings (SSSR count). The van der Waals surface area contributed by atoms with E-state index in [1.165, 1.54) is 31.7 Å². The molecule has 104 valence electrons. The lowest BCUT2D eigenvalue weighted by Gasteiger charge is -2.35. The highest BCUT2D eigenvalue weighted by Gasteiger charge is 2.45. The average Bonchev–Trinajstić information content (AvgIpc) is 3.18. The van der Waals surface area contributed by atoms with Gasteiger partial charge in [-0.2, -0.15) is 0 Å². The maximum Gasteiger partial charge on any atom is 0.149 e. The summed E-state index contributed by atoms with van der Waals surface area (Å²) >= 11 is 0. The first-order chi connectivity index (χ1) is 9.67. The van der Waals surface area contributed by atoms with Crippen molar-refractivity contribution in [3.8, 4) is 0 Å². The molecule has 1 aliphatic heterocycles. The number of para-hydroxylation sites is 1. The fourth-order valence-electron chi connectivity index (χ4n) is 3.58. The molecule has 2 heterocycles. The quantitative estimate of drug-likeness (QED) is 0.776. The van der Waals surface area contributed by atoms with E-state index >= 15 is 0 Å². The number of pyridine rings is 1. The number of aryl methyl sites for hydroxylation is 1. The number of fused-ring (bicyclic) bond motifs is 1. The third-order valence-corrected chi connectivity index (χ3v) is 4.86. The minimum absolute atomic E-state index is 0.217. The lowest BCUT2D eigenvalue weighted by atomic mass is 9.94. The summed E-state index contributed by atoms with van der Waals surface area (Å²) in [6, 6.07) is 7.39. The minimum Gasteiger partial charge on any atom is -0.370 e. The fourth-order valence-corrected chi connectivity index (χ4v) is 3.58. The Kier molecular flexibility index (Phi) is 2.53. The number of nitrogens with zero attached hydrogens (tertiary/aromatic N) is 2. The summed E-state index contributed by atoms with van der Waals surface area (Å²) in [4.78, 5) is 6.83. The third-order valence-electron chi connectivity index (χ3n) is 4.86. The maximum absolute atomic E-state index is 14.0. The SMILES string of the molecule is Cc1cc(N2CCCC3(CC3)C2)c2cccc(F)c2n1. The van der Waals surface area contributed by atoms with E-state index in [1.807, 2.05) is 13.0 Å². The van der Waals surface area contributed by atoms with Gasteiger partial charge in [0.15, 0.2) is 0 Å². The van der Waals surface area contributed by atoms with E-state index in [0.29, 0.717) is 10.9 Å². The Balaban J connectivity index is 1.84. The third kappa shape index (κ3) is 1.88. The largest absolute Gasteiger partial charge is 0.370 e. The van der Waals surface area contributed by atoms with Gasteiger partial charge in [0.2, 0.25) is 0 Å². The molecule has 0 N–H and O–H groups in total. The van der Waals surface area contributed by atoms with E-state index in [2.05, 4.69) is 16.0 Å². The fraction of sp³-hybridized carbons (Fsp3) is 0.471. The van der Waals surface area contributed by atoms with Gasteiger partial charge in [0.1, 0.15) is 11.3 Å². The van der Waals surface area contributed by atoms with E-state index in [9.17, 15) is 4.39 Å². The Bertz CT molecular complexity index is 676. The summed E-state index contributed by atoms with van der Waals surface area (Å²) < 4.78 is 14.0. The van der Waals surface area contributed by atoms with Gasteiger partial charge in [-0.05, 0) is 50.2 Å². The maximum atomic E-state index is 14.0. The van der Waals surface area contributed by atoms with Gasteiger partial charge in [0, 0.05) is 29.9 Å². The zero-order valence-electron chi connectivity index (χ0n) is 11.8. The van der Waals surface area contributed by atoms with Crippen molar-refractivity contribution < 1.29 is 4.39 Å². The van der Waals surface area contributed by atoms with Crippen LogP contribution in [-0.4, -0.2) is 18.1 Å². The van der Waals surface area contributed by atoms with Gasteiger partial charge in [-0.15, -0.1) is 0 Å². The second-order valence-corrected chi connectivity index (χ2v) is 6.44. The van der Waals surface area contributed by atoms with E-state index in [-0.39, 0.29) is 5.82 Å². The van der Waals surface area contributed by atoms with Crippen LogP contribution in [0.5, 0.6) is 0 Å². The van der Waals surface area contributed by atoms with Crippen molar-refractivity contribution in [3.63, 3.8) is 0 Å². The predicted molar refractivity (Wildman–Crippen MR) is 79.6 cm³/mol. The predicted octanol–water partition coefficient (Wildman–Crippen LogP) is 4.06. The highest BCUT2D eigenvalue weighted by molar-refractivity contribution is 5.92. The van der Waals surface area contributed by atoms with Gasteiger partial charge in [-0.1, -0.05) is 12.1 Å². The zero-order chi connectivity index (χ0) is 13.7. The second-order valence-electron chi connectivity index (χ2n) is 6.44. The Labute approximate surface area is 118 Å². The van der Waals surface area contributed by atoms with Gasteiger partial charge >= 0.3 is 0 Å². The van der Waals surface area contributed by atoms with Crippen molar-refractivity contribution >= 4 is 16.6 Å². The molecule has 0 radical (unpaired) electrons. The second kappa shape index (κ2) is 4.18. The molecule has 2 aromatic rings. The number of benzene rings is 1. The van der Waals surface area contributed by atoms with Gasteiger partial charge in [0.25, 0.3) is 0 Å². The standard InChI is InChI=1S/C17H19FN2/c1-12-10-15(13-4-2-5-14(18)16(13)19-12)20-9-3-6-17(11-20)7-8-17/h2,4-5,10H,3,6-9,11H2,1H3. The molecule has 2 nitrogen and oxygen atoms in total. The molecular formula is C17H19FN2. The van der Waals surface area contributed by atoms with Crippen LogP contribution in [0.1, 0.15) is 31.4 Å². The molecule has 2 aliphatic rings. The summed E-state index contributed by atoms with van der Waals surface area (Å²) in [7, 11) is 0. The first-order valence-corrected chi connectivity index (χ1v) is 7.48. The van der Waals surface area contributed by atoms with Gasteiger partial charge in [0.05, 0.1) is 0 Å². The Morgan fingerprint density at radius 2 is 2.10 bits per heavy atom. The van der Waals surface area contributed by atoms with Crippen molar-refractivity contribution in [2.45, 2.75) is 32.6 Å². The van der Waals surface area contributed by atoms with Crippen LogP contribution < -0.4 is 4.90 Å². The Morgan fingerprint density at radius 3 is 2.90 bits per heavy atom. The van der Waals surface area contributed by atoms with E-state index < -0.39 is 0 Å². The van der Waals surface area contributed by atoms with Gasteiger partial charge in [-0.3, -0.25) is 0 Å². The van der Waals surface area contributed by atoms with Crippen LogP contribution in [0.3, 0.4) is 0 Å². The van der Waals surface area contributed by atoms with Crippen LogP contribution in [0.25, 0.3) is 10.9 Å². The number of hydrogen-bond donors (Lipinski definition) is 0. The summed E-state index contributed by atoms with van der Waals surface area (Å²) in [5.41, 5.74) is 3.14. The van der Waals surface area contributed by atoms with E-state index in [1.54, 1.807) is 6.07 Å². The number of hydrogen-bond acceptors (Lipinski definition) is 2. The van der Waals surface area contributed by atoms with Crippen molar-refractivity contribution in [2.24, 2.45) is 5.41 Å². The molecule has 1 aliphatic carbocycles. The van der Waals surface area contributed by atoms with Crippen molar-refractivity contribution in [1.82, 2.24) is 4.98 Å². The Hall–Kier alpha value is -1.64. The molecule has 0 unspecified atom stereocenters. The number of aromatic nitrogens is 1. The monoisotopic (exact) mass is 270 g/mol. The molecule has 2 fully saturated rings. The van der Waals surface area contributed by atoms with Crippen LogP contribution in [0.2, 0.25) is 0 Å². The summed E-state index contributed by atoms with van der Waals surface area (Å²) in [5.74, 6) is -0.217. The van der Waals surface area contributed by atoms with Crippen molar-refractivity contribution in [1.29, 1.82) is 0 Å². The van der Waals surface area contributed by atoms with Crippen LogP contribution in [-0.2, 0) is 0 Å². The normalized spacial score (nSPS) is 20.6. The van der Waals surface area contributed by atoms with Crippen LogP contribution in [0.4, 0.5) is 10.1 Å². The number of piperidine rings is 1. The molecule has 0 atom stereocenters. The first kappa shape index (κ1) is 12.1.